The molecule has 0 heterocycles. The van der Waals surface area contributed by atoms with Crippen LogP contribution in [-0.2, 0) is 0 Å². The van der Waals surface area contributed by atoms with E-state index >= 15 is 0 Å². The maximum absolute atomic E-state index is 5.84. The zero-order valence-corrected chi connectivity index (χ0v) is 13.0. The predicted molar refractivity (Wildman–Crippen MR) is 86.7 cm³/mol. The molecule has 1 aromatic carbocycles. The van der Waals surface area contributed by atoms with Crippen LogP contribution < -0.4 is 11.1 Å². The first-order valence-electron chi connectivity index (χ1n) is 6.33. The van der Waals surface area contributed by atoms with Crippen molar-refractivity contribution in [2.45, 2.75) is 44.0 Å². The fourth-order valence-corrected chi connectivity index (χ4v) is 2.85. The number of hydrogen-bond donors (Lipinski definition) is 2. The first-order valence-corrected chi connectivity index (χ1v) is 7.96. The van der Waals surface area contributed by atoms with Gasteiger partial charge in [0.15, 0.2) is 0 Å². The Morgan fingerprint density at radius 1 is 1.50 bits per heavy atom. The normalized spacial score (nSPS) is 12.2. The van der Waals surface area contributed by atoms with Gasteiger partial charge < -0.3 is 11.1 Å². The topological polar surface area (TPSA) is 38.0 Å². The van der Waals surface area contributed by atoms with E-state index in [0.29, 0.717) is 11.0 Å². The van der Waals surface area contributed by atoms with Crippen molar-refractivity contribution in [3.63, 3.8) is 0 Å². The molecule has 1 unspecified atom stereocenters. The summed E-state index contributed by atoms with van der Waals surface area (Å²) in [5.41, 5.74) is 7.87. The Kier molecular flexibility index (Phi) is 6.50. The predicted octanol–water partition coefficient (Wildman–Crippen LogP) is 4.03. The van der Waals surface area contributed by atoms with Crippen molar-refractivity contribution in [3.05, 3.63) is 23.8 Å². The molecular weight excluding hydrogens is 260 g/mol. The average Bonchev–Trinajstić information content (AvgIpc) is 2.35. The zero-order valence-electron chi connectivity index (χ0n) is 11.3. The minimum Gasteiger partial charge on any atom is -0.389 e. The van der Waals surface area contributed by atoms with Crippen molar-refractivity contribution < 1.29 is 0 Å². The Hall–Kier alpha value is -0.740. The van der Waals surface area contributed by atoms with Crippen LogP contribution in [0.4, 0.5) is 5.69 Å². The van der Waals surface area contributed by atoms with E-state index in [2.05, 4.69) is 31.3 Å². The zero-order chi connectivity index (χ0) is 13.5. The molecular formula is C14H22N2S2. The maximum Gasteiger partial charge on any atom is 0.107 e. The number of unbranched alkanes of at least 4 members (excludes halogenated alkanes) is 1. The molecule has 100 valence electrons. The Morgan fingerprint density at radius 2 is 2.22 bits per heavy atom. The lowest BCUT2D eigenvalue weighted by atomic mass is 10.1. The Labute approximate surface area is 120 Å². The van der Waals surface area contributed by atoms with Gasteiger partial charge in [-0.15, -0.1) is 11.8 Å². The second-order valence-corrected chi connectivity index (χ2v) is 5.72. The minimum atomic E-state index is 0.440. The van der Waals surface area contributed by atoms with Gasteiger partial charge in [0.25, 0.3) is 0 Å². The number of thioether (sulfide) groups is 1. The minimum absolute atomic E-state index is 0.440. The molecule has 0 radical (unpaired) electrons. The molecule has 0 fully saturated rings. The van der Waals surface area contributed by atoms with Crippen LogP contribution in [0.15, 0.2) is 23.1 Å². The van der Waals surface area contributed by atoms with E-state index in [1.807, 2.05) is 12.3 Å². The molecule has 2 nitrogen and oxygen atoms in total. The van der Waals surface area contributed by atoms with Crippen molar-refractivity contribution in [2.24, 2.45) is 5.73 Å². The van der Waals surface area contributed by atoms with Gasteiger partial charge in [-0.05, 0) is 31.7 Å². The van der Waals surface area contributed by atoms with E-state index < -0.39 is 0 Å². The number of benzene rings is 1. The van der Waals surface area contributed by atoms with Gasteiger partial charge in [-0.2, -0.15) is 0 Å². The molecule has 1 rings (SSSR count). The molecule has 3 N–H and O–H groups in total. The lowest BCUT2D eigenvalue weighted by Gasteiger charge is -2.19. The summed E-state index contributed by atoms with van der Waals surface area (Å²) in [6.45, 7) is 4.41. The third-order valence-corrected chi connectivity index (χ3v) is 3.87. The van der Waals surface area contributed by atoms with Crippen molar-refractivity contribution in [3.8, 4) is 0 Å². The highest BCUT2D eigenvalue weighted by molar-refractivity contribution is 7.98. The summed E-state index contributed by atoms with van der Waals surface area (Å²) in [5, 5.41) is 3.52. The van der Waals surface area contributed by atoms with E-state index in [4.69, 9.17) is 18.0 Å². The van der Waals surface area contributed by atoms with Gasteiger partial charge in [-0.25, -0.2) is 0 Å². The van der Waals surface area contributed by atoms with Gasteiger partial charge in [-0.1, -0.05) is 38.0 Å². The third kappa shape index (κ3) is 4.18. The Bertz CT molecular complexity index is 405. The summed E-state index contributed by atoms with van der Waals surface area (Å²) in [4.78, 5) is 1.60. The van der Waals surface area contributed by atoms with E-state index in [1.165, 1.54) is 12.8 Å². The van der Waals surface area contributed by atoms with Crippen LogP contribution in [0, 0.1) is 0 Å². The summed E-state index contributed by atoms with van der Waals surface area (Å²) in [6.07, 6.45) is 5.66. The number of rotatable bonds is 7. The smallest absolute Gasteiger partial charge is 0.107 e. The molecule has 18 heavy (non-hydrogen) atoms. The first-order chi connectivity index (χ1) is 8.60. The van der Waals surface area contributed by atoms with Gasteiger partial charge in [-0.3, -0.25) is 0 Å². The van der Waals surface area contributed by atoms with Crippen LogP contribution in [0.5, 0.6) is 0 Å². The SMILES string of the molecule is CCCCC(C)Nc1cccc(SC)c1C(N)=S. The molecule has 1 aromatic rings. The maximum atomic E-state index is 5.84. The summed E-state index contributed by atoms with van der Waals surface area (Å²) in [7, 11) is 0. The molecule has 0 saturated carbocycles. The highest BCUT2D eigenvalue weighted by atomic mass is 32.2. The molecule has 4 heteroatoms. The monoisotopic (exact) mass is 282 g/mol. The molecule has 0 aromatic heterocycles. The molecule has 0 saturated heterocycles. The fraction of sp³-hybridized carbons (Fsp3) is 0.500. The molecule has 0 amide bonds. The van der Waals surface area contributed by atoms with Gasteiger partial charge in [0, 0.05) is 22.2 Å². The van der Waals surface area contributed by atoms with Gasteiger partial charge in [0.05, 0.1) is 0 Å². The summed E-state index contributed by atoms with van der Waals surface area (Å²) in [5.74, 6) is 0. The second kappa shape index (κ2) is 7.64. The number of hydrogen-bond acceptors (Lipinski definition) is 3. The number of nitrogens with one attached hydrogen (secondary N) is 1. The fourth-order valence-electron chi connectivity index (χ4n) is 1.92. The molecule has 0 spiro atoms. The van der Waals surface area contributed by atoms with Crippen LogP contribution in [-0.4, -0.2) is 17.3 Å². The van der Waals surface area contributed by atoms with Crippen molar-refractivity contribution in [2.75, 3.05) is 11.6 Å². The standard InChI is InChI=1S/C14H22N2S2/c1-4-5-7-10(2)16-11-8-6-9-12(18-3)13(11)14(15)17/h6,8-10,16H,4-5,7H2,1-3H3,(H2,15,17). The largest absolute Gasteiger partial charge is 0.389 e. The second-order valence-electron chi connectivity index (χ2n) is 4.43. The quantitative estimate of drug-likeness (QED) is 0.585. The van der Waals surface area contributed by atoms with Crippen molar-refractivity contribution >= 4 is 34.7 Å². The van der Waals surface area contributed by atoms with Gasteiger partial charge >= 0.3 is 0 Å². The van der Waals surface area contributed by atoms with Crippen molar-refractivity contribution in [1.82, 2.24) is 0 Å². The molecule has 1 atom stereocenters. The molecule has 0 aliphatic heterocycles. The van der Waals surface area contributed by atoms with Crippen LogP contribution in [0.1, 0.15) is 38.7 Å². The number of nitrogens with two attached hydrogens (primary N) is 1. The van der Waals surface area contributed by atoms with Crippen molar-refractivity contribution in [1.29, 1.82) is 0 Å². The lowest BCUT2D eigenvalue weighted by molar-refractivity contribution is 0.645. The third-order valence-electron chi connectivity index (χ3n) is 2.89. The summed E-state index contributed by atoms with van der Waals surface area (Å²) < 4.78 is 0. The van der Waals surface area contributed by atoms with Gasteiger partial charge in [0.2, 0.25) is 0 Å². The van der Waals surface area contributed by atoms with E-state index in [1.54, 1.807) is 11.8 Å². The van der Waals surface area contributed by atoms with E-state index in [0.717, 1.165) is 22.6 Å². The average molecular weight is 282 g/mol. The Morgan fingerprint density at radius 3 is 2.78 bits per heavy atom. The lowest BCUT2D eigenvalue weighted by Crippen LogP contribution is -2.20. The number of anilines is 1. The van der Waals surface area contributed by atoms with Gasteiger partial charge in [0.1, 0.15) is 4.99 Å². The summed E-state index contributed by atoms with van der Waals surface area (Å²) >= 11 is 6.84. The van der Waals surface area contributed by atoms with E-state index in [-0.39, 0.29) is 0 Å². The van der Waals surface area contributed by atoms with E-state index in [9.17, 15) is 0 Å². The van der Waals surface area contributed by atoms with Crippen LogP contribution in [0.25, 0.3) is 0 Å². The van der Waals surface area contributed by atoms with Crippen LogP contribution >= 0.6 is 24.0 Å². The Balaban J connectivity index is 2.90. The summed E-state index contributed by atoms with van der Waals surface area (Å²) in [6, 6.07) is 6.59. The highest BCUT2D eigenvalue weighted by Crippen LogP contribution is 2.27. The number of thiocarbonyl (C=S) groups is 1. The van der Waals surface area contributed by atoms with Crippen LogP contribution in [0.2, 0.25) is 0 Å². The van der Waals surface area contributed by atoms with Crippen LogP contribution in [0.3, 0.4) is 0 Å². The molecule has 0 aliphatic carbocycles. The highest BCUT2D eigenvalue weighted by Gasteiger charge is 2.12. The molecule has 0 bridgehead atoms. The first kappa shape index (κ1) is 15.3. The molecule has 0 aliphatic rings.